The van der Waals surface area contributed by atoms with Crippen LogP contribution in [0.1, 0.15) is 12.7 Å². The summed E-state index contributed by atoms with van der Waals surface area (Å²) in [5.74, 6) is 0.581. The zero-order valence-corrected chi connectivity index (χ0v) is 15.9. The summed E-state index contributed by atoms with van der Waals surface area (Å²) in [5, 5.41) is 1.98. The first-order valence-electron chi connectivity index (χ1n) is 8.25. The SMILES string of the molecule is CCOc1ccc(S(=O)(=O)C2CS(=O)(=O)CC2NCc2ccco2)cc1. The second-order valence-corrected chi connectivity index (χ2v) is 10.5. The minimum absolute atomic E-state index is 0.0906. The van der Waals surface area contributed by atoms with Gasteiger partial charge in [-0.2, -0.15) is 0 Å². The van der Waals surface area contributed by atoms with Gasteiger partial charge in [0.25, 0.3) is 0 Å². The fraction of sp³-hybridized carbons (Fsp3) is 0.412. The Morgan fingerprint density at radius 2 is 1.92 bits per heavy atom. The van der Waals surface area contributed by atoms with Crippen molar-refractivity contribution < 1.29 is 26.0 Å². The predicted molar refractivity (Wildman–Crippen MR) is 96.6 cm³/mol. The van der Waals surface area contributed by atoms with Crippen LogP contribution in [0.4, 0.5) is 0 Å². The number of nitrogens with one attached hydrogen (secondary N) is 1. The van der Waals surface area contributed by atoms with Crippen molar-refractivity contribution in [3.8, 4) is 5.75 Å². The lowest BCUT2D eigenvalue weighted by atomic mass is 10.2. The van der Waals surface area contributed by atoms with E-state index in [1.807, 2.05) is 6.92 Å². The fourth-order valence-corrected chi connectivity index (χ4v) is 7.74. The van der Waals surface area contributed by atoms with Crippen molar-refractivity contribution in [3.63, 3.8) is 0 Å². The number of ether oxygens (including phenoxy) is 1. The van der Waals surface area contributed by atoms with Gasteiger partial charge in [-0.1, -0.05) is 0 Å². The van der Waals surface area contributed by atoms with Crippen LogP contribution in [-0.4, -0.2) is 46.2 Å². The number of benzene rings is 1. The summed E-state index contributed by atoms with van der Waals surface area (Å²) >= 11 is 0. The lowest BCUT2D eigenvalue weighted by molar-refractivity contribution is 0.340. The number of furan rings is 1. The Hall–Kier alpha value is -1.84. The van der Waals surface area contributed by atoms with Gasteiger partial charge in [0, 0.05) is 6.04 Å². The van der Waals surface area contributed by atoms with Gasteiger partial charge in [0.05, 0.1) is 41.1 Å². The second kappa shape index (κ2) is 7.42. The Morgan fingerprint density at radius 1 is 1.19 bits per heavy atom. The van der Waals surface area contributed by atoms with E-state index in [-0.39, 0.29) is 17.2 Å². The van der Waals surface area contributed by atoms with Gasteiger partial charge in [0.1, 0.15) is 11.5 Å². The first-order valence-corrected chi connectivity index (χ1v) is 11.6. The van der Waals surface area contributed by atoms with Crippen molar-refractivity contribution >= 4 is 19.7 Å². The van der Waals surface area contributed by atoms with Crippen LogP contribution in [0.25, 0.3) is 0 Å². The summed E-state index contributed by atoms with van der Waals surface area (Å²) in [5.41, 5.74) is 0. The van der Waals surface area contributed by atoms with Gasteiger partial charge >= 0.3 is 0 Å². The van der Waals surface area contributed by atoms with Crippen LogP contribution in [0.2, 0.25) is 0 Å². The van der Waals surface area contributed by atoms with Crippen LogP contribution < -0.4 is 10.1 Å². The molecule has 0 aliphatic carbocycles. The fourth-order valence-electron chi connectivity index (χ4n) is 3.02. The van der Waals surface area contributed by atoms with E-state index in [0.717, 1.165) is 0 Å². The monoisotopic (exact) mass is 399 g/mol. The van der Waals surface area contributed by atoms with Crippen LogP contribution in [0.5, 0.6) is 5.75 Å². The zero-order valence-electron chi connectivity index (χ0n) is 14.3. The minimum atomic E-state index is -3.81. The third-order valence-electron chi connectivity index (χ3n) is 4.28. The molecule has 1 aliphatic heterocycles. The van der Waals surface area contributed by atoms with E-state index in [9.17, 15) is 16.8 Å². The molecule has 0 radical (unpaired) electrons. The number of hydrogen-bond acceptors (Lipinski definition) is 7. The molecule has 1 fully saturated rings. The van der Waals surface area contributed by atoms with Crippen LogP contribution in [0.15, 0.2) is 52.0 Å². The highest BCUT2D eigenvalue weighted by atomic mass is 32.2. The standard InChI is InChI=1S/C17H21NO6S2/c1-2-23-13-5-7-15(8-6-13)26(21,22)17-12-25(19,20)11-16(17)18-10-14-4-3-9-24-14/h3-9,16-18H,2,10-12H2,1H3. The second-order valence-electron chi connectivity index (χ2n) is 6.13. The van der Waals surface area contributed by atoms with E-state index in [1.165, 1.54) is 18.4 Å². The average Bonchev–Trinajstić information content (AvgIpc) is 3.21. The lowest BCUT2D eigenvalue weighted by Crippen LogP contribution is -2.42. The molecule has 26 heavy (non-hydrogen) atoms. The Morgan fingerprint density at radius 3 is 2.54 bits per heavy atom. The van der Waals surface area contributed by atoms with Crippen LogP contribution in [0.3, 0.4) is 0 Å². The lowest BCUT2D eigenvalue weighted by Gasteiger charge is -2.19. The molecule has 2 aromatic rings. The Kier molecular flexibility index (Phi) is 5.40. The number of sulfone groups is 2. The predicted octanol–water partition coefficient (Wildman–Crippen LogP) is 1.41. The Balaban J connectivity index is 1.82. The quantitative estimate of drug-likeness (QED) is 0.751. The maximum absolute atomic E-state index is 13.0. The van der Waals surface area contributed by atoms with Gasteiger partial charge in [0.2, 0.25) is 0 Å². The first-order chi connectivity index (χ1) is 12.3. The summed E-state index contributed by atoms with van der Waals surface area (Å²) in [6, 6.07) is 8.82. The maximum atomic E-state index is 13.0. The summed E-state index contributed by atoms with van der Waals surface area (Å²) in [6.07, 6.45) is 1.51. The third-order valence-corrected chi connectivity index (χ3v) is 8.45. The Bertz CT molecular complexity index is 934. The highest BCUT2D eigenvalue weighted by Crippen LogP contribution is 2.27. The van der Waals surface area contributed by atoms with Crippen molar-refractivity contribution in [3.05, 3.63) is 48.4 Å². The summed E-state index contributed by atoms with van der Waals surface area (Å²) in [7, 11) is -7.25. The van der Waals surface area contributed by atoms with Crippen molar-refractivity contribution in [2.24, 2.45) is 0 Å². The maximum Gasteiger partial charge on any atom is 0.183 e. The molecule has 7 nitrogen and oxygen atoms in total. The average molecular weight is 399 g/mol. The highest BCUT2D eigenvalue weighted by Gasteiger charge is 2.45. The topological polar surface area (TPSA) is 103 Å². The molecule has 2 atom stereocenters. The molecule has 0 spiro atoms. The van der Waals surface area contributed by atoms with Crippen LogP contribution in [0, 0.1) is 0 Å². The molecule has 1 aromatic carbocycles. The van der Waals surface area contributed by atoms with Gasteiger partial charge in [-0.3, -0.25) is 0 Å². The van der Waals surface area contributed by atoms with Crippen molar-refractivity contribution in [1.82, 2.24) is 5.32 Å². The molecule has 1 aromatic heterocycles. The molecule has 2 unspecified atom stereocenters. The van der Waals surface area contributed by atoms with Crippen molar-refractivity contribution in [2.45, 2.75) is 29.7 Å². The van der Waals surface area contributed by atoms with Gasteiger partial charge in [-0.05, 0) is 43.3 Å². The van der Waals surface area contributed by atoms with Gasteiger partial charge in [-0.25, -0.2) is 16.8 Å². The van der Waals surface area contributed by atoms with Crippen molar-refractivity contribution in [1.29, 1.82) is 0 Å². The molecular weight excluding hydrogens is 378 g/mol. The number of rotatable bonds is 7. The van der Waals surface area contributed by atoms with Gasteiger partial charge in [-0.15, -0.1) is 0 Å². The molecule has 0 saturated carbocycles. The molecule has 1 N–H and O–H groups in total. The highest BCUT2D eigenvalue weighted by molar-refractivity contribution is 7.96. The molecule has 9 heteroatoms. The van der Waals surface area contributed by atoms with Crippen LogP contribution in [-0.2, 0) is 26.2 Å². The molecule has 2 heterocycles. The molecule has 0 bridgehead atoms. The van der Waals surface area contributed by atoms with E-state index in [2.05, 4.69) is 5.32 Å². The smallest absolute Gasteiger partial charge is 0.183 e. The molecular formula is C17H21NO6S2. The molecule has 1 aliphatic rings. The molecule has 142 valence electrons. The molecule has 0 amide bonds. The number of hydrogen-bond donors (Lipinski definition) is 1. The summed E-state index contributed by atoms with van der Waals surface area (Å²) in [6.45, 7) is 2.58. The largest absolute Gasteiger partial charge is 0.494 e. The van der Waals surface area contributed by atoms with E-state index in [1.54, 1.807) is 24.3 Å². The minimum Gasteiger partial charge on any atom is -0.494 e. The van der Waals surface area contributed by atoms with Crippen molar-refractivity contribution in [2.75, 3.05) is 18.1 Å². The molecule has 1 saturated heterocycles. The Labute approximate surface area is 153 Å². The van der Waals surface area contributed by atoms with E-state index in [0.29, 0.717) is 18.1 Å². The van der Waals surface area contributed by atoms with Crippen LogP contribution >= 0.6 is 0 Å². The third kappa shape index (κ3) is 4.11. The zero-order chi connectivity index (χ0) is 18.8. The molecule has 3 rings (SSSR count). The van der Waals surface area contributed by atoms with E-state index >= 15 is 0 Å². The van der Waals surface area contributed by atoms with E-state index < -0.39 is 36.7 Å². The van der Waals surface area contributed by atoms with E-state index in [4.69, 9.17) is 9.15 Å². The summed E-state index contributed by atoms with van der Waals surface area (Å²) < 4.78 is 60.7. The van der Waals surface area contributed by atoms with Gasteiger partial charge in [0.15, 0.2) is 19.7 Å². The normalized spacial score (nSPS) is 22.3. The summed E-state index contributed by atoms with van der Waals surface area (Å²) in [4.78, 5) is 0.0906. The van der Waals surface area contributed by atoms with Gasteiger partial charge < -0.3 is 14.5 Å². The first kappa shape index (κ1) is 18.9.